The van der Waals surface area contributed by atoms with Crippen LogP contribution in [0.2, 0.25) is 5.02 Å². The second kappa shape index (κ2) is 8.38. The lowest BCUT2D eigenvalue weighted by atomic mass is 10.3. The molecule has 8 nitrogen and oxygen atoms in total. The summed E-state index contributed by atoms with van der Waals surface area (Å²) < 4.78 is 67.0. The van der Waals surface area contributed by atoms with Gasteiger partial charge in [-0.3, -0.25) is 9.44 Å². The lowest BCUT2D eigenvalue weighted by Crippen LogP contribution is -2.18. The van der Waals surface area contributed by atoms with E-state index in [9.17, 15) is 16.8 Å². The van der Waals surface area contributed by atoms with Crippen molar-refractivity contribution in [3.8, 4) is 5.75 Å². The van der Waals surface area contributed by atoms with Crippen molar-refractivity contribution in [1.82, 2.24) is 0 Å². The maximum absolute atomic E-state index is 13.0. The summed E-state index contributed by atoms with van der Waals surface area (Å²) in [6, 6.07) is 18.3. The van der Waals surface area contributed by atoms with Crippen LogP contribution in [0.5, 0.6) is 5.75 Å². The van der Waals surface area contributed by atoms with E-state index in [0.717, 1.165) is 0 Å². The minimum Gasteiger partial charge on any atom is -0.495 e. The molecule has 3 aromatic carbocycles. The van der Waals surface area contributed by atoms with Crippen LogP contribution in [0.3, 0.4) is 0 Å². The molecular formula is C21H17ClN2O6S2. The van der Waals surface area contributed by atoms with Crippen LogP contribution in [0.25, 0.3) is 11.0 Å². The molecule has 0 aliphatic rings. The average Bonchev–Trinajstić information content (AvgIpc) is 3.21. The lowest BCUT2D eigenvalue weighted by molar-refractivity contribution is 0.403. The van der Waals surface area contributed by atoms with Gasteiger partial charge in [-0.15, -0.1) is 0 Å². The van der Waals surface area contributed by atoms with E-state index in [2.05, 4.69) is 9.44 Å². The predicted octanol–water partition coefficient (Wildman–Crippen LogP) is 4.70. The van der Waals surface area contributed by atoms with Crippen molar-refractivity contribution >= 4 is 54.0 Å². The van der Waals surface area contributed by atoms with Gasteiger partial charge in [0.1, 0.15) is 16.2 Å². The van der Waals surface area contributed by atoms with E-state index >= 15 is 0 Å². The normalized spacial score (nSPS) is 11.9. The maximum Gasteiger partial charge on any atom is 0.295 e. The van der Waals surface area contributed by atoms with Gasteiger partial charge in [-0.25, -0.2) is 8.42 Å². The number of para-hydroxylation sites is 2. The molecule has 1 heterocycles. The Morgan fingerprint density at radius 3 is 2.25 bits per heavy atom. The van der Waals surface area contributed by atoms with Crippen molar-refractivity contribution in [3.63, 3.8) is 0 Å². The number of nitrogens with one attached hydrogen (secondary N) is 2. The van der Waals surface area contributed by atoms with E-state index in [1.54, 1.807) is 36.4 Å². The number of sulfonamides is 2. The van der Waals surface area contributed by atoms with E-state index in [0.29, 0.717) is 11.0 Å². The molecule has 166 valence electrons. The van der Waals surface area contributed by atoms with Gasteiger partial charge in [0, 0.05) is 16.5 Å². The van der Waals surface area contributed by atoms with Crippen molar-refractivity contribution in [2.45, 2.75) is 9.99 Å². The van der Waals surface area contributed by atoms with Crippen molar-refractivity contribution in [2.75, 3.05) is 16.6 Å². The summed E-state index contributed by atoms with van der Waals surface area (Å²) in [7, 11) is -6.94. The van der Waals surface area contributed by atoms with Crippen molar-refractivity contribution in [2.24, 2.45) is 0 Å². The molecule has 32 heavy (non-hydrogen) atoms. The minimum atomic E-state index is -4.18. The predicted molar refractivity (Wildman–Crippen MR) is 122 cm³/mol. The molecule has 1 aromatic heterocycles. The largest absolute Gasteiger partial charge is 0.495 e. The quantitative estimate of drug-likeness (QED) is 0.386. The van der Waals surface area contributed by atoms with Crippen LogP contribution in [0.1, 0.15) is 0 Å². The van der Waals surface area contributed by atoms with E-state index < -0.39 is 20.0 Å². The molecule has 11 heteroatoms. The Balaban J connectivity index is 1.71. The van der Waals surface area contributed by atoms with E-state index in [-0.39, 0.29) is 32.1 Å². The fourth-order valence-electron chi connectivity index (χ4n) is 3.02. The van der Waals surface area contributed by atoms with Crippen LogP contribution in [0.4, 0.5) is 11.4 Å². The van der Waals surface area contributed by atoms with Crippen LogP contribution >= 0.6 is 11.6 Å². The first-order valence-electron chi connectivity index (χ1n) is 9.16. The fraction of sp³-hybridized carbons (Fsp3) is 0.0476. The highest BCUT2D eigenvalue weighted by atomic mass is 35.5. The number of hydrogen-bond donors (Lipinski definition) is 2. The van der Waals surface area contributed by atoms with E-state index in [1.165, 1.54) is 43.5 Å². The highest BCUT2D eigenvalue weighted by Crippen LogP contribution is 2.33. The summed E-state index contributed by atoms with van der Waals surface area (Å²) in [5.41, 5.74) is 0.299. The topological polar surface area (TPSA) is 115 Å². The number of ether oxygens (including phenoxy) is 1. The van der Waals surface area contributed by atoms with E-state index in [4.69, 9.17) is 20.8 Å². The standard InChI is InChI=1S/C21H17ClN2O6S2/c1-29-19-8-4-5-9-20(19)31(25,26)23-16-11-10-15(22)13-17(16)24-32(27,28)21-12-14-6-2-3-7-18(14)30-21/h2-13,23-24H,1H3. The van der Waals surface area contributed by atoms with Gasteiger partial charge in [-0.05, 0) is 36.4 Å². The third-order valence-corrected chi connectivity index (χ3v) is 7.36. The smallest absolute Gasteiger partial charge is 0.295 e. The molecule has 4 aromatic rings. The van der Waals surface area contributed by atoms with Crippen molar-refractivity contribution in [1.29, 1.82) is 0 Å². The molecule has 0 spiro atoms. The molecule has 0 atom stereocenters. The Labute approximate surface area is 189 Å². The van der Waals surface area contributed by atoms with Gasteiger partial charge in [0.25, 0.3) is 20.0 Å². The van der Waals surface area contributed by atoms with Gasteiger partial charge in [0.2, 0.25) is 5.09 Å². The zero-order valence-corrected chi connectivity index (χ0v) is 19.0. The Morgan fingerprint density at radius 1 is 0.812 bits per heavy atom. The molecule has 2 N–H and O–H groups in total. The third kappa shape index (κ3) is 4.38. The van der Waals surface area contributed by atoms with Crippen LogP contribution < -0.4 is 14.2 Å². The summed E-state index contributed by atoms with van der Waals surface area (Å²) >= 11 is 6.04. The van der Waals surface area contributed by atoms with Crippen LogP contribution in [0.15, 0.2) is 87.2 Å². The first kappa shape index (κ1) is 22.0. The summed E-state index contributed by atoms with van der Waals surface area (Å²) in [5.74, 6) is 0.137. The third-order valence-electron chi connectivity index (χ3n) is 4.50. The molecule has 0 aliphatic carbocycles. The zero-order valence-electron chi connectivity index (χ0n) is 16.6. The molecule has 0 bridgehead atoms. The van der Waals surface area contributed by atoms with Crippen molar-refractivity contribution in [3.05, 3.63) is 77.8 Å². The fourth-order valence-corrected chi connectivity index (χ4v) is 5.48. The molecule has 0 saturated heterocycles. The molecule has 0 saturated carbocycles. The molecule has 0 fully saturated rings. The van der Waals surface area contributed by atoms with E-state index in [1.807, 2.05) is 0 Å². The summed E-state index contributed by atoms with van der Waals surface area (Å²) in [4.78, 5) is -0.108. The Hall–Kier alpha value is -3.21. The van der Waals surface area contributed by atoms with Crippen molar-refractivity contribution < 1.29 is 26.0 Å². The Kier molecular flexibility index (Phi) is 5.76. The molecule has 0 radical (unpaired) electrons. The highest BCUT2D eigenvalue weighted by molar-refractivity contribution is 7.93. The Morgan fingerprint density at radius 2 is 1.50 bits per heavy atom. The molecule has 0 amide bonds. The van der Waals surface area contributed by atoms with Gasteiger partial charge in [-0.2, -0.15) is 8.42 Å². The Bertz CT molecular complexity index is 1480. The monoisotopic (exact) mass is 492 g/mol. The molecular weight excluding hydrogens is 476 g/mol. The number of halogens is 1. The van der Waals surface area contributed by atoms with Gasteiger partial charge in [0.15, 0.2) is 0 Å². The number of methoxy groups -OCH3 is 1. The molecule has 0 aliphatic heterocycles. The number of benzene rings is 3. The first-order valence-corrected chi connectivity index (χ1v) is 12.5. The number of rotatable bonds is 7. The van der Waals surface area contributed by atoms with Gasteiger partial charge >= 0.3 is 0 Å². The number of fused-ring (bicyclic) bond motifs is 1. The summed E-state index contributed by atoms with van der Waals surface area (Å²) in [6.07, 6.45) is 0. The van der Waals surface area contributed by atoms with Gasteiger partial charge in [0.05, 0.1) is 18.5 Å². The highest BCUT2D eigenvalue weighted by Gasteiger charge is 2.24. The average molecular weight is 493 g/mol. The first-order chi connectivity index (χ1) is 15.2. The molecule has 0 unspecified atom stereocenters. The summed E-state index contributed by atoms with van der Waals surface area (Å²) in [6.45, 7) is 0. The van der Waals surface area contributed by atoms with Crippen LogP contribution in [-0.4, -0.2) is 23.9 Å². The molecule has 4 rings (SSSR count). The van der Waals surface area contributed by atoms with Gasteiger partial charge in [-0.1, -0.05) is 41.9 Å². The zero-order chi connectivity index (χ0) is 22.9. The van der Waals surface area contributed by atoms with Gasteiger partial charge < -0.3 is 9.15 Å². The number of anilines is 2. The summed E-state index contributed by atoms with van der Waals surface area (Å²) in [5, 5.41) is 0.487. The minimum absolute atomic E-state index is 0.0278. The number of furan rings is 1. The second-order valence-electron chi connectivity index (χ2n) is 6.66. The number of hydrogen-bond acceptors (Lipinski definition) is 6. The van der Waals surface area contributed by atoms with Crippen LogP contribution in [0, 0.1) is 0 Å². The van der Waals surface area contributed by atoms with Crippen LogP contribution in [-0.2, 0) is 20.0 Å². The second-order valence-corrected chi connectivity index (χ2v) is 10.4. The SMILES string of the molecule is COc1ccccc1S(=O)(=O)Nc1ccc(Cl)cc1NS(=O)(=O)c1cc2ccccc2o1. The lowest BCUT2D eigenvalue weighted by Gasteiger charge is -2.15. The maximum atomic E-state index is 13.0.